The van der Waals surface area contributed by atoms with E-state index in [1.165, 1.54) is 5.69 Å². The largest absolute Gasteiger partial charge is 0.369 e. The second-order valence-corrected chi connectivity index (χ2v) is 10.4. The Bertz CT molecular complexity index is 1210. The van der Waals surface area contributed by atoms with Crippen molar-refractivity contribution in [1.29, 1.82) is 5.26 Å². The van der Waals surface area contributed by atoms with Crippen molar-refractivity contribution < 1.29 is 9.53 Å². The van der Waals surface area contributed by atoms with E-state index in [2.05, 4.69) is 64.1 Å². The van der Waals surface area contributed by atoms with Crippen LogP contribution in [0.1, 0.15) is 37.5 Å². The molecule has 7 heteroatoms. The van der Waals surface area contributed by atoms with Crippen LogP contribution in [0, 0.1) is 17.2 Å². The first-order chi connectivity index (χ1) is 18.4. The highest BCUT2D eigenvalue weighted by molar-refractivity contribution is 6.30. The molecule has 1 amide bonds. The fraction of sp³-hybridized carbons (Fsp3) is 0.355. The molecular weight excluding hydrogens is 496 g/mol. The average molecular weight is 531 g/mol. The Hall–Kier alpha value is -3.37. The maximum Gasteiger partial charge on any atom is 0.250 e. The summed E-state index contributed by atoms with van der Waals surface area (Å²) in [6.45, 7) is 8.11. The van der Waals surface area contributed by atoms with Gasteiger partial charge in [-0.2, -0.15) is 5.26 Å². The molecular formula is C31H35ClN4O2. The first-order valence-electron chi connectivity index (χ1n) is 13.2. The molecule has 2 N–H and O–H groups in total. The number of piperazine rings is 1. The van der Waals surface area contributed by atoms with E-state index in [4.69, 9.17) is 21.6 Å². The Balaban J connectivity index is 1.58. The van der Waals surface area contributed by atoms with Crippen LogP contribution in [0.2, 0.25) is 5.02 Å². The van der Waals surface area contributed by atoms with Crippen LogP contribution in [-0.4, -0.2) is 44.7 Å². The molecule has 0 radical (unpaired) electrons. The Morgan fingerprint density at radius 2 is 1.53 bits per heavy atom. The number of carbonyl (C=O) groups is 1. The zero-order chi connectivity index (χ0) is 26.9. The van der Waals surface area contributed by atoms with Crippen LogP contribution in [0.3, 0.4) is 0 Å². The van der Waals surface area contributed by atoms with Crippen LogP contribution in [0.25, 0.3) is 11.1 Å². The maximum atomic E-state index is 12.9. The number of nitrogens with zero attached hydrogens (tertiary/aromatic N) is 2. The van der Waals surface area contributed by atoms with E-state index >= 15 is 0 Å². The molecule has 2 atom stereocenters. The lowest BCUT2D eigenvalue weighted by atomic mass is 9.97. The topological polar surface area (TPSA) is 77.4 Å². The summed E-state index contributed by atoms with van der Waals surface area (Å²) in [5, 5.41) is 15.6. The fourth-order valence-electron chi connectivity index (χ4n) is 4.68. The maximum absolute atomic E-state index is 12.9. The Morgan fingerprint density at radius 3 is 2.08 bits per heavy atom. The average Bonchev–Trinajstić information content (AvgIpc) is 2.95. The summed E-state index contributed by atoms with van der Waals surface area (Å²) in [5.74, 6) is -0.0364. The van der Waals surface area contributed by atoms with Gasteiger partial charge in [0, 0.05) is 36.9 Å². The molecule has 1 saturated heterocycles. The molecule has 3 aromatic rings. The van der Waals surface area contributed by atoms with Crippen molar-refractivity contribution >= 4 is 23.2 Å². The number of anilines is 1. The predicted octanol–water partition coefficient (Wildman–Crippen LogP) is 5.58. The van der Waals surface area contributed by atoms with Gasteiger partial charge in [0.15, 0.2) is 0 Å². The summed E-state index contributed by atoms with van der Waals surface area (Å²) in [4.78, 5) is 15.3. The van der Waals surface area contributed by atoms with Gasteiger partial charge in [-0.25, -0.2) is 0 Å². The summed E-state index contributed by atoms with van der Waals surface area (Å²) >= 11 is 6.15. The minimum atomic E-state index is -0.693. The third kappa shape index (κ3) is 7.35. The Kier molecular flexibility index (Phi) is 9.78. The van der Waals surface area contributed by atoms with Gasteiger partial charge in [-0.1, -0.05) is 74.0 Å². The van der Waals surface area contributed by atoms with Gasteiger partial charge in [0.1, 0.15) is 18.8 Å². The van der Waals surface area contributed by atoms with Crippen LogP contribution < -0.4 is 15.5 Å². The van der Waals surface area contributed by atoms with Crippen LogP contribution in [0.4, 0.5) is 5.69 Å². The summed E-state index contributed by atoms with van der Waals surface area (Å²) < 4.78 is 6.49. The van der Waals surface area contributed by atoms with Gasteiger partial charge in [0.05, 0.1) is 6.07 Å². The molecule has 0 spiro atoms. The van der Waals surface area contributed by atoms with E-state index in [1.54, 1.807) is 0 Å². The van der Waals surface area contributed by atoms with Gasteiger partial charge in [-0.15, -0.1) is 0 Å². The monoisotopic (exact) mass is 530 g/mol. The zero-order valence-electron chi connectivity index (χ0n) is 22.0. The number of carbonyl (C=O) groups excluding carboxylic acids is 1. The summed E-state index contributed by atoms with van der Waals surface area (Å²) in [6.07, 6.45) is -0.618. The molecule has 1 unspecified atom stereocenters. The molecule has 6 nitrogen and oxygen atoms in total. The molecule has 1 aliphatic heterocycles. The van der Waals surface area contributed by atoms with Crippen molar-refractivity contribution in [2.24, 2.45) is 5.92 Å². The Morgan fingerprint density at radius 1 is 0.974 bits per heavy atom. The number of ether oxygens (including phenoxy) is 1. The van der Waals surface area contributed by atoms with Crippen molar-refractivity contribution in [1.82, 2.24) is 10.6 Å². The number of nitriles is 1. The highest BCUT2D eigenvalue weighted by atomic mass is 35.5. The minimum absolute atomic E-state index is 0.0511. The van der Waals surface area contributed by atoms with Gasteiger partial charge in [0.2, 0.25) is 5.91 Å². The fourth-order valence-corrected chi connectivity index (χ4v) is 4.81. The van der Waals surface area contributed by atoms with Crippen LogP contribution in [0.15, 0.2) is 72.8 Å². The second kappa shape index (κ2) is 13.4. The van der Waals surface area contributed by atoms with Crippen molar-refractivity contribution in [2.75, 3.05) is 37.6 Å². The van der Waals surface area contributed by atoms with Crippen LogP contribution in [-0.2, 0) is 9.53 Å². The number of benzene rings is 3. The van der Waals surface area contributed by atoms with Crippen LogP contribution in [0.5, 0.6) is 0 Å². The molecule has 3 aromatic carbocycles. The molecule has 0 aromatic heterocycles. The van der Waals surface area contributed by atoms with Crippen molar-refractivity contribution in [3.63, 3.8) is 0 Å². The second-order valence-electron chi connectivity index (χ2n) is 9.97. The molecule has 0 bridgehead atoms. The highest BCUT2D eigenvalue weighted by Gasteiger charge is 2.26. The number of hydrogen-bond acceptors (Lipinski definition) is 5. The van der Waals surface area contributed by atoms with Crippen molar-refractivity contribution in [3.8, 4) is 17.2 Å². The highest BCUT2D eigenvalue weighted by Crippen LogP contribution is 2.32. The number of halogens is 1. The lowest BCUT2D eigenvalue weighted by molar-refractivity contribution is -0.136. The number of hydrogen-bond donors (Lipinski definition) is 2. The van der Waals surface area contributed by atoms with E-state index < -0.39 is 12.2 Å². The predicted molar refractivity (Wildman–Crippen MR) is 153 cm³/mol. The molecule has 198 valence electrons. The third-order valence-electron chi connectivity index (χ3n) is 6.69. The molecule has 4 rings (SSSR count). The summed E-state index contributed by atoms with van der Waals surface area (Å²) in [7, 11) is 0. The number of nitrogens with one attached hydrogen (secondary N) is 2. The zero-order valence-corrected chi connectivity index (χ0v) is 22.7. The van der Waals surface area contributed by atoms with Crippen molar-refractivity contribution in [3.05, 3.63) is 88.9 Å². The number of rotatable bonds is 10. The van der Waals surface area contributed by atoms with Gasteiger partial charge in [-0.05, 0) is 58.9 Å². The van der Waals surface area contributed by atoms with E-state index in [-0.39, 0.29) is 18.4 Å². The normalized spacial score (nSPS) is 15.1. The molecule has 38 heavy (non-hydrogen) atoms. The minimum Gasteiger partial charge on any atom is -0.369 e. The van der Waals surface area contributed by atoms with E-state index in [0.29, 0.717) is 11.4 Å². The molecule has 0 aliphatic carbocycles. The van der Waals surface area contributed by atoms with Crippen LogP contribution >= 0.6 is 11.6 Å². The first kappa shape index (κ1) is 27.7. The van der Waals surface area contributed by atoms with Gasteiger partial charge in [0.25, 0.3) is 0 Å². The lowest BCUT2D eigenvalue weighted by Gasteiger charge is -2.29. The Labute approximate surface area is 230 Å². The molecule has 1 heterocycles. The quantitative estimate of drug-likeness (QED) is 0.335. The lowest BCUT2D eigenvalue weighted by Crippen LogP contribution is -2.43. The summed E-state index contributed by atoms with van der Waals surface area (Å²) in [5.41, 5.74) is 5.35. The van der Waals surface area contributed by atoms with E-state index in [1.807, 2.05) is 44.2 Å². The molecule has 1 aliphatic rings. The SMILES string of the molecule is CC(C)C[C@H](OC(c1ccc(Cl)cc1)c1ccc(-c2ccc(N3CCNCC3)cc2)cc1)C(=O)NCC#N. The molecule has 0 saturated carbocycles. The molecule has 1 fully saturated rings. The first-order valence-corrected chi connectivity index (χ1v) is 13.5. The smallest absolute Gasteiger partial charge is 0.250 e. The standard InChI is InChI=1S/C31H35ClN4O2/c1-22(2)21-29(31(37)35-16-15-33)38-30(26-7-11-27(32)12-8-26)25-5-3-23(4-6-25)24-9-13-28(14-10-24)36-19-17-34-18-20-36/h3-14,22,29-30,34H,16-21H2,1-2H3,(H,35,37)/t29-,30?/m0/s1. The number of amides is 1. The van der Waals surface area contributed by atoms with Gasteiger partial charge < -0.3 is 20.3 Å². The third-order valence-corrected chi connectivity index (χ3v) is 6.94. The van der Waals surface area contributed by atoms with Gasteiger partial charge in [-0.3, -0.25) is 4.79 Å². The van der Waals surface area contributed by atoms with E-state index in [0.717, 1.165) is 48.4 Å². The van der Waals surface area contributed by atoms with Gasteiger partial charge >= 0.3 is 0 Å². The van der Waals surface area contributed by atoms with E-state index in [9.17, 15) is 4.79 Å². The van der Waals surface area contributed by atoms with Crippen molar-refractivity contribution in [2.45, 2.75) is 32.5 Å². The summed E-state index contributed by atoms with van der Waals surface area (Å²) in [6, 6.07) is 26.5.